The van der Waals surface area contributed by atoms with E-state index < -0.39 is 0 Å². The molecule has 10 heterocycles. The van der Waals surface area contributed by atoms with Gasteiger partial charge in [0.15, 0.2) is 46.6 Å². The standard InChI is InChI=1S/2C32H18N8.Yb/c2*1-2-10-18-17(9-1)25-33-26(18)38-28-21-13-5-6-14-22(21)30(35-28)40-32-24-16-8-7-15-23(24)31(36-32)39-29-20-12-4-3-11-19(20)27(34-29)37-25;/h2*1-16H,(H2,33,34,35,36,37,38,39,40);. The Bertz CT molecular complexity index is 4390. The zero-order valence-corrected chi connectivity index (χ0v) is 43.8. The first-order valence-corrected chi connectivity index (χ1v) is 26.0. The molecule has 0 fully saturated rings. The largest absolute Gasteiger partial charge is 0.324 e. The molecule has 4 aliphatic rings. The van der Waals surface area contributed by atoms with E-state index in [1.54, 1.807) is 0 Å². The van der Waals surface area contributed by atoms with Gasteiger partial charge in [-0.15, -0.1) is 0 Å². The van der Waals surface area contributed by atoms with Crippen molar-refractivity contribution in [1.29, 1.82) is 0 Å². The van der Waals surface area contributed by atoms with Crippen molar-refractivity contribution in [2.45, 2.75) is 0 Å². The summed E-state index contributed by atoms with van der Waals surface area (Å²) in [5.74, 6) is 4.78. The van der Waals surface area contributed by atoms with Crippen molar-refractivity contribution >= 4 is 88.3 Å². The maximum absolute atomic E-state index is 5.02. The van der Waals surface area contributed by atoms with Crippen LogP contribution in [0.4, 0.5) is 0 Å². The molecule has 0 saturated carbocycles. The fraction of sp³-hybridized carbons (Fsp3) is 0. The normalized spacial score (nSPS) is 11.9. The van der Waals surface area contributed by atoms with E-state index in [-0.39, 0.29) is 46.9 Å². The molecule has 0 spiro atoms. The molecule has 0 atom stereocenters. The van der Waals surface area contributed by atoms with Crippen LogP contribution in [0.15, 0.2) is 194 Å². The minimum atomic E-state index is 0. The zero-order chi connectivity index (χ0) is 52.4. The molecule has 0 amide bonds. The number of aromatic amines is 4. The molecule has 4 N–H and O–H groups in total. The summed E-state index contributed by atoms with van der Waals surface area (Å²) in [4.78, 5) is 73.5. The number of benzene rings is 8. The van der Waals surface area contributed by atoms with Crippen LogP contribution < -0.4 is 0 Å². The van der Waals surface area contributed by atoms with Gasteiger partial charge in [-0.2, -0.15) is 0 Å². The zero-order valence-electron chi connectivity index (χ0n) is 42.1. The molecule has 386 valence electrons. The minimum Gasteiger partial charge on any atom is -0.324 e. The van der Waals surface area contributed by atoms with Gasteiger partial charge in [0.05, 0.1) is 0 Å². The van der Waals surface area contributed by atoms with Crippen molar-refractivity contribution in [1.82, 2.24) is 79.7 Å². The van der Waals surface area contributed by atoms with E-state index >= 15 is 0 Å². The number of aromatic nitrogens is 16. The first kappa shape index (κ1) is 47.0. The van der Waals surface area contributed by atoms with E-state index in [4.69, 9.17) is 59.8 Å². The number of rotatable bonds is 0. The van der Waals surface area contributed by atoms with E-state index in [2.05, 4.69) is 19.9 Å². The van der Waals surface area contributed by atoms with Gasteiger partial charge in [-0.25, -0.2) is 59.8 Å². The van der Waals surface area contributed by atoms with Crippen LogP contribution in [-0.2, 0) is 0 Å². The number of nitrogens with zero attached hydrogens (tertiary/aromatic N) is 12. The van der Waals surface area contributed by atoms with Crippen LogP contribution in [0.1, 0.15) is 0 Å². The Labute approximate surface area is 496 Å². The van der Waals surface area contributed by atoms with Gasteiger partial charge in [0.25, 0.3) is 0 Å². The first-order valence-electron chi connectivity index (χ1n) is 26.0. The van der Waals surface area contributed by atoms with Crippen molar-refractivity contribution in [3.63, 3.8) is 0 Å². The summed E-state index contributed by atoms with van der Waals surface area (Å²) in [6.07, 6.45) is 0. The maximum atomic E-state index is 5.02. The van der Waals surface area contributed by atoms with Crippen molar-refractivity contribution in [3.8, 4) is 91.1 Å². The van der Waals surface area contributed by atoms with E-state index in [0.29, 0.717) is 91.8 Å². The van der Waals surface area contributed by atoms with Gasteiger partial charge in [0, 0.05) is 135 Å². The Morgan fingerprint density at radius 2 is 0.284 bits per heavy atom. The summed E-state index contributed by atoms with van der Waals surface area (Å²) in [5, 5.41) is 7.64. The Morgan fingerprint density at radius 3 is 0.420 bits per heavy atom. The second kappa shape index (κ2) is 18.6. The van der Waals surface area contributed by atoms with Crippen LogP contribution in [0.3, 0.4) is 0 Å². The predicted molar refractivity (Wildman–Crippen MR) is 312 cm³/mol. The molecule has 0 saturated heterocycles. The Morgan fingerprint density at radius 1 is 0.160 bits per heavy atom. The molecular formula is C64H36N16Yb. The number of hydrogen-bond donors (Lipinski definition) is 4. The molecule has 6 aromatic heterocycles. The summed E-state index contributed by atoms with van der Waals surface area (Å²) in [6.45, 7) is 0. The van der Waals surface area contributed by atoms with Gasteiger partial charge < -0.3 is 19.9 Å². The number of fused-ring (bicyclic) bond motifs is 40. The average Bonchev–Trinajstić information content (AvgIpc) is 4.53. The van der Waals surface area contributed by atoms with E-state index in [0.717, 1.165) is 87.6 Å². The Kier molecular flexibility index (Phi) is 10.8. The molecule has 16 nitrogen and oxygen atoms in total. The Hall–Kier alpha value is -10.0. The fourth-order valence-corrected chi connectivity index (χ4v) is 11.2. The van der Waals surface area contributed by atoms with E-state index in [1.807, 2.05) is 194 Å². The number of nitrogens with one attached hydrogen (secondary N) is 4. The predicted octanol–water partition coefficient (Wildman–Crippen LogP) is 13.7. The summed E-state index contributed by atoms with van der Waals surface area (Å²) >= 11 is 0. The topological polar surface area (TPSA) is 218 Å². The van der Waals surface area contributed by atoms with Crippen LogP contribution in [0.25, 0.3) is 179 Å². The van der Waals surface area contributed by atoms with Gasteiger partial charge in [0.1, 0.15) is 45.2 Å². The quantitative estimate of drug-likeness (QED) is 0.111. The second-order valence-electron chi connectivity index (χ2n) is 19.6. The third kappa shape index (κ3) is 7.63. The molecule has 16 bridgehead atoms. The SMILES string of the molecule is [Yb].c1ccc2c(c1)-c1nc-2nc2[nH]c(nc3nc(nc4[nH]c(n1)c1ccccc41)-c1ccccc1-3)c1ccccc21.c1ccc2c(c1)-c1nc-2nc2[nH]c(nc3nc(nc4[nH]c(n1)c1ccccc41)-c1ccccc1-3)c1ccccc21. The molecule has 14 aromatic rings. The fourth-order valence-electron chi connectivity index (χ4n) is 11.2. The van der Waals surface area contributed by atoms with Crippen LogP contribution in [-0.4, -0.2) is 79.7 Å². The van der Waals surface area contributed by atoms with Crippen molar-refractivity contribution < 1.29 is 46.9 Å². The molecule has 18 rings (SSSR count). The van der Waals surface area contributed by atoms with E-state index in [1.165, 1.54) is 0 Å². The molecule has 8 aromatic carbocycles. The molecule has 81 heavy (non-hydrogen) atoms. The van der Waals surface area contributed by atoms with Crippen molar-refractivity contribution in [2.75, 3.05) is 0 Å². The molecule has 4 aliphatic heterocycles. The Balaban J connectivity index is 0.000000132. The van der Waals surface area contributed by atoms with Crippen LogP contribution in [0, 0.1) is 46.9 Å². The van der Waals surface area contributed by atoms with Crippen molar-refractivity contribution in [2.24, 2.45) is 0 Å². The molecule has 0 radical (unpaired) electrons. The van der Waals surface area contributed by atoms with Gasteiger partial charge in [0.2, 0.25) is 0 Å². The third-order valence-corrected chi connectivity index (χ3v) is 14.9. The summed E-state index contributed by atoms with van der Waals surface area (Å²) in [6, 6.07) is 64.5. The van der Waals surface area contributed by atoms with Gasteiger partial charge in [-0.3, -0.25) is 0 Å². The van der Waals surface area contributed by atoms with Crippen molar-refractivity contribution in [3.05, 3.63) is 194 Å². The number of H-pyrrole nitrogens is 4. The first-order chi connectivity index (χ1) is 39.6. The van der Waals surface area contributed by atoms with Gasteiger partial charge >= 0.3 is 0 Å². The van der Waals surface area contributed by atoms with Crippen LogP contribution >= 0.6 is 0 Å². The minimum absolute atomic E-state index is 0. The molecule has 17 heteroatoms. The second-order valence-corrected chi connectivity index (χ2v) is 19.6. The van der Waals surface area contributed by atoms with Crippen LogP contribution in [0.5, 0.6) is 0 Å². The smallest absolute Gasteiger partial charge is 0.164 e. The van der Waals surface area contributed by atoms with E-state index in [9.17, 15) is 0 Å². The monoisotopic (exact) mass is 1200 g/mol. The maximum Gasteiger partial charge on any atom is 0.164 e. The average molecular weight is 1200 g/mol. The summed E-state index contributed by atoms with van der Waals surface area (Å²) in [7, 11) is 0. The third-order valence-electron chi connectivity index (χ3n) is 14.9. The summed E-state index contributed by atoms with van der Waals surface area (Å²) in [5.41, 5.74) is 12.9. The van der Waals surface area contributed by atoms with Gasteiger partial charge in [-0.05, 0) is 0 Å². The molecular weight excluding hydrogens is 1170 g/mol. The van der Waals surface area contributed by atoms with Crippen LogP contribution in [0.2, 0.25) is 0 Å². The summed E-state index contributed by atoms with van der Waals surface area (Å²) < 4.78 is 0. The molecule has 0 aliphatic carbocycles. The van der Waals surface area contributed by atoms with Gasteiger partial charge in [-0.1, -0.05) is 194 Å². The molecule has 0 unspecified atom stereocenters. The number of hydrogen-bond acceptors (Lipinski definition) is 12.